The van der Waals surface area contributed by atoms with Crippen LogP contribution >= 0.6 is 7.82 Å². The number of carbonyl (C=O) groups excluding carboxylic acids is 3. The molecule has 0 aliphatic heterocycles. The molecule has 0 saturated carbocycles. The lowest BCUT2D eigenvalue weighted by atomic mass is 10.1. The molecule has 330 valence electrons. The molecule has 0 saturated heterocycles. The van der Waals surface area contributed by atoms with Gasteiger partial charge >= 0.3 is 19.8 Å². The first-order chi connectivity index (χ1) is 28.1. The van der Waals surface area contributed by atoms with E-state index in [-0.39, 0.29) is 25.2 Å². The summed E-state index contributed by atoms with van der Waals surface area (Å²) in [4.78, 5) is 46.7. The van der Waals surface area contributed by atoms with Crippen LogP contribution in [0.3, 0.4) is 0 Å². The highest BCUT2D eigenvalue weighted by atomic mass is 31.2. The fraction of sp³-hybridized carbons (Fsp3) is 0.630. The van der Waals surface area contributed by atoms with E-state index in [2.05, 4.69) is 85.2 Å². The summed E-state index contributed by atoms with van der Waals surface area (Å²) < 4.78 is 32.6. The molecule has 12 heteroatoms. The lowest BCUT2D eigenvalue weighted by Gasteiger charge is -2.20. The van der Waals surface area contributed by atoms with Crippen molar-refractivity contribution in [2.24, 2.45) is 0 Å². The van der Waals surface area contributed by atoms with Crippen LogP contribution in [-0.4, -0.2) is 71.5 Å². The van der Waals surface area contributed by atoms with Crippen LogP contribution in [-0.2, 0) is 37.5 Å². The topological polar surface area (TPSA) is 166 Å². The summed E-state index contributed by atoms with van der Waals surface area (Å²) in [5, 5.41) is 18.3. The summed E-state index contributed by atoms with van der Waals surface area (Å²) >= 11 is 0. The average Bonchev–Trinajstić information content (AvgIpc) is 3.20. The van der Waals surface area contributed by atoms with Crippen molar-refractivity contribution >= 4 is 25.5 Å². The predicted octanol–water partition coefficient (Wildman–Crippen LogP) is 10.6. The number of hydrogen-bond donors (Lipinski definition) is 3. The molecule has 0 aliphatic rings. The van der Waals surface area contributed by atoms with Crippen LogP contribution in [0.5, 0.6) is 0 Å². The molecule has 0 bridgehead atoms. The lowest BCUT2D eigenvalue weighted by Crippen LogP contribution is -2.29. The third-order valence-electron chi connectivity index (χ3n) is 8.51. The minimum absolute atomic E-state index is 0.122. The van der Waals surface area contributed by atoms with E-state index in [1.54, 1.807) is 12.2 Å². The van der Waals surface area contributed by atoms with E-state index < -0.39 is 51.8 Å². The molecule has 0 amide bonds. The summed E-state index contributed by atoms with van der Waals surface area (Å²) in [6.45, 7) is 2.00. The Morgan fingerprint density at radius 2 is 1.10 bits per heavy atom. The number of allylic oxidation sites excluding steroid dienone is 14. The smallest absolute Gasteiger partial charge is 0.462 e. The van der Waals surface area contributed by atoms with Gasteiger partial charge in [-0.1, -0.05) is 131 Å². The number of ether oxygens (including phenoxy) is 2. The second-order valence-corrected chi connectivity index (χ2v) is 15.5. The zero-order chi connectivity index (χ0) is 42.8. The van der Waals surface area contributed by atoms with Crippen molar-refractivity contribution in [2.45, 2.75) is 161 Å². The summed E-state index contributed by atoms with van der Waals surface area (Å²) in [6, 6.07) is 0. The second kappa shape index (κ2) is 40.6. The normalized spacial score (nSPS) is 14.6. The van der Waals surface area contributed by atoms with Gasteiger partial charge in [-0.2, -0.15) is 0 Å². The molecule has 11 nitrogen and oxygen atoms in total. The van der Waals surface area contributed by atoms with E-state index in [1.165, 1.54) is 0 Å². The second-order valence-electron chi connectivity index (χ2n) is 14.0. The third-order valence-corrected chi connectivity index (χ3v) is 9.46. The van der Waals surface area contributed by atoms with Gasteiger partial charge in [0.1, 0.15) is 12.7 Å². The van der Waals surface area contributed by atoms with Crippen LogP contribution in [0, 0.1) is 0 Å². The minimum atomic E-state index is -4.65. The van der Waals surface area contributed by atoms with Crippen molar-refractivity contribution in [1.82, 2.24) is 0 Å². The Balaban J connectivity index is 4.45. The summed E-state index contributed by atoms with van der Waals surface area (Å²) in [5.41, 5.74) is 0. The fourth-order valence-corrected chi connectivity index (χ4v) is 5.97. The Hall–Kier alpha value is -3.18. The largest absolute Gasteiger partial charge is 0.472 e. The maximum atomic E-state index is 12.6. The molecule has 0 radical (unpaired) electrons. The summed E-state index contributed by atoms with van der Waals surface area (Å²) in [7, 11) is -4.65. The van der Waals surface area contributed by atoms with E-state index in [0.29, 0.717) is 19.3 Å². The van der Waals surface area contributed by atoms with Gasteiger partial charge in [0.05, 0.1) is 19.8 Å². The van der Waals surface area contributed by atoms with E-state index in [9.17, 15) is 28.9 Å². The van der Waals surface area contributed by atoms with Crippen LogP contribution in [0.4, 0.5) is 0 Å². The summed E-state index contributed by atoms with van der Waals surface area (Å²) in [5.74, 6) is -0.871. The Kier molecular flexibility index (Phi) is 38.4. The maximum absolute atomic E-state index is 12.6. The van der Waals surface area contributed by atoms with Crippen molar-refractivity contribution < 1.29 is 52.6 Å². The first kappa shape index (κ1) is 54.8. The molecule has 0 aliphatic carbocycles. The van der Waals surface area contributed by atoms with Crippen molar-refractivity contribution in [3.63, 3.8) is 0 Å². The number of carbonyl (C=O) groups is 3. The number of hydrogen-bond acceptors (Lipinski definition) is 10. The number of phosphoric ester groups is 1. The molecular weight excluding hydrogens is 759 g/mol. The first-order valence-electron chi connectivity index (χ1n) is 21.5. The molecule has 58 heavy (non-hydrogen) atoms. The number of phosphoric acid groups is 1. The van der Waals surface area contributed by atoms with Crippen molar-refractivity contribution in [3.8, 4) is 0 Å². The highest BCUT2D eigenvalue weighted by molar-refractivity contribution is 7.47. The van der Waals surface area contributed by atoms with Crippen LogP contribution in [0.2, 0.25) is 0 Å². The van der Waals surface area contributed by atoms with Crippen molar-refractivity contribution in [2.75, 3.05) is 26.4 Å². The number of esters is 2. The van der Waals surface area contributed by atoms with E-state index in [0.717, 1.165) is 103 Å². The molecule has 0 aromatic carbocycles. The van der Waals surface area contributed by atoms with Gasteiger partial charge in [0.2, 0.25) is 0 Å². The van der Waals surface area contributed by atoms with Gasteiger partial charge in [-0.3, -0.25) is 23.4 Å². The van der Waals surface area contributed by atoms with E-state index in [4.69, 9.17) is 19.1 Å². The SMILES string of the molecule is CC/C=C\C/C=C\C/C=C\C/C=C\C/C=C\CCCCCC(=O)O[C@H](COC(=O)CCCCCCC/C=C\C=C\C(=O)CCCCC)COP(=O)(O)OC[C@@H](O)CO. The highest BCUT2D eigenvalue weighted by Crippen LogP contribution is 2.43. The molecule has 3 N–H and O–H groups in total. The van der Waals surface area contributed by atoms with Gasteiger partial charge in [0.15, 0.2) is 11.9 Å². The number of unbranched alkanes of at least 4 members (excludes halogenated alkanes) is 10. The Bertz CT molecular complexity index is 1300. The van der Waals surface area contributed by atoms with Gasteiger partial charge in [0, 0.05) is 19.3 Å². The summed E-state index contributed by atoms with van der Waals surface area (Å²) in [6.07, 6.45) is 43.8. The number of aliphatic hydroxyl groups is 2. The van der Waals surface area contributed by atoms with Crippen molar-refractivity contribution in [1.29, 1.82) is 0 Å². The zero-order valence-corrected chi connectivity index (χ0v) is 36.4. The van der Waals surface area contributed by atoms with E-state index >= 15 is 0 Å². The Labute approximate surface area is 349 Å². The van der Waals surface area contributed by atoms with Crippen LogP contribution < -0.4 is 0 Å². The fourth-order valence-electron chi connectivity index (χ4n) is 5.18. The van der Waals surface area contributed by atoms with Gasteiger partial charge in [-0.05, 0) is 83.1 Å². The third kappa shape index (κ3) is 39.6. The molecule has 1 unspecified atom stereocenters. The van der Waals surface area contributed by atoms with E-state index in [1.807, 2.05) is 6.08 Å². The first-order valence-corrected chi connectivity index (χ1v) is 23.0. The quantitative estimate of drug-likeness (QED) is 0.0135. The van der Waals surface area contributed by atoms with Crippen molar-refractivity contribution in [3.05, 3.63) is 85.1 Å². The standard InChI is InChI=1S/C46H75O11P/c1-3-5-7-8-9-10-11-12-13-14-15-16-17-18-19-22-26-29-33-37-46(51)57-44(41-56-58(52,53)55-39-43(49)38-47)40-54-45(50)36-32-28-25-23-20-21-24-27-31-35-42(48)34-30-6-4-2/h5,7,9-10,12-13,15-16,18-19,24,27,31,35,43-44,47,49H,3-4,6,8,11,14,17,20-23,25-26,28-30,32-34,36-41H2,1-2H3,(H,52,53)/b7-5-,10-9-,13-12-,16-15-,19-18-,27-24-,35-31+/t43-,44+/m0/s1. The Morgan fingerprint density at radius 1 is 0.586 bits per heavy atom. The minimum Gasteiger partial charge on any atom is -0.462 e. The molecule has 3 atom stereocenters. The number of aliphatic hydroxyl groups excluding tert-OH is 2. The van der Waals surface area contributed by atoms with Gasteiger partial charge in [-0.15, -0.1) is 0 Å². The lowest BCUT2D eigenvalue weighted by molar-refractivity contribution is -0.161. The molecular formula is C46H75O11P. The van der Waals surface area contributed by atoms with Crippen LogP contribution in [0.1, 0.15) is 149 Å². The van der Waals surface area contributed by atoms with Gasteiger partial charge < -0.3 is 24.6 Å². The highest BCUT2D eigenvalue weighted by Gasteiger charge is 2.27. The average molecular weight is 835 g/mol. The predicted molar refractivity (Wildman–Crippen MR) is 233 cm³/mol. The molecule has 0 fully saturated rings. The molecule has 0 aromatic heterocycles. The number of ketones is 1. The zero-order valence-electron chi connectivity index (χ0n) is 35.5. The Morgan fingerprint density at radius 3 is 1.72 bits per heavy atom. The maximum Gasteiger partial charge on any atom is 0.472 e. The monoisotopic (exact) mass is 835 g/mol. The van der Waals surface area contributed by atoms with Crippen LogP contribution in [0.15, 0.2) is 85.1 Å². The molecule has 0 rings (SSSR count). The molecule has 0 spiro atoms. The van der Waals surface area contributed by atoms with Gasteiger partial charge in [0.25, 0.3) is 0 Å². The number of rotatable bonds is 39. The molecule has 0 heterocycles. The van der Waals surface area contributed by atoms with Crippen LogP contribution in [0.25, 0.3) is 0 Å². The van der Waals surface area contributed by atoms with Gasteiger partial charge in [-0.25, -0.2) is 4.57 Å². The molecule has 0 aromatic rings.